The van der Waals surface area contributed by atoms with Gasteiger partial charge in [-0.3, -0.25) is 14.4 Å². The van der Waals surface area contributed by atoms with E-state index < -0.39 is 6.10 Å². The fraction of sp³-hybridized carbons (Fsp3) is 0.784. The summed E-state index contributed by atoms with van der Waals surface area (Å²) in [5, 5.41) is 0. The molecule has 0 saturated heterocycles. The minimum absolute atomic E-state index is 0.0822. The van der Waals surface area contributed by atoms with Crippen LogP contribution in [0.1, 0.15) is 239 Å². The van der Waals surface area contributed by atoms with E-state index >= 15 is 0 Å². The van der Waals surface area contributed by atoms with Crippen molar-refractivity contribution in [3.8, 4) is 0 Å². The predicted octanol–water partition coefficient (Wildman–Crippen LogP) is 15.5. The van der Waals surface area contributed by atoms with Crippen LogP contribution in [0.15, 0.2) is 48.6 Å². The van der Waals surface area contributed by atoms with E-state index in [-0.39, 0.29) is 31.1 Å². The fourth-order valence-corrected chi connectivity index (χ4v) is 6.62. The third-order valence-electron chi connectivity index (χ3n) is 10.3. The zero-order valence-corrected chi connectivity index (χ0v) is 37.6. The number of carbonyl (C=O) groups is 3. The van der Waals surface area contributed by atoms with Crippen LogP contribution >= 0.6 is 0 Å². The van der Waals surface area contributed by atoms with Crippen LogP contribution in [0.2, 0.25) is 0 Å². The summed E-state index contributed by atoms with van der Waals surface area (Å²) in [7, 11) is 0. The van der Waals surface area contributed by atoms with Gasteiger partial charge in [0.25, 0.3) is 0 Å². The first-order valence-electron chi connectivity index (χ1n) is 24.1. The van der Waals surface area contributed by atoms with Crippen LogP contribution in [0.3, 0.4) is 0 Å². The van der Waals surface area contributed by atoms with E-state index in [0.29, 0.717) is 19.3 Å². The third-order valence-corrected chi connectivity index (χ3v) is 10.3. The van der Waals surface area contributed by atoms with Crippen molar-refractivity contribution in [3.63, 3.8) is 0 Å². The summed E-state index contributed by atoms with van der Waals surface area (Å²) in [5.41, 5.74) is 0. The van der Waals surface area contributed by atoms with E-state index in [9.17, 15) is 14.4 Å². The highest BCUT2D eigenvalue weighted by Gasteiger charge is 2.19. The van der Waals surface area contributed by atoms with Crippen molar-refractivity contribution in [2.24, 2.45) is 0 Å². The average molecular weight is 799 g/mol. The van der Waals surface area contributed by atoms with E-state index in [1.807, 2.05) is 0 Å². The largest absolute Gasteiger partial charge is 0.462 e. The number of rotatable bonds is 43. The lowest BCUT2D eigenvalue weighted by atomic mass is 10.1. The van der Waals surface area contributed by atoms with Gasteiger partial charge in [0, 0.05) is 19.3 Å². The minimum Gasteiger partial charge on any atom is -0.462 e. The molecule has 0 radical (unpaired) electrons. The molecule has 0 bridgehead atoms. The van der Waals surface area contributed by atoms with Crippen molar-refractivity contribution in [1.82, 2.24) is 0 Å². The molecule has 0 aliphatic carbocycles. The Kier molecular flexibility index (Phi) is 43.9. The van der Waals surface area contributed by atoms with E-state index in [2.05, 4.69) is 69.4 Å². The highest BCUT2D eigenvalue weighted by atomic mass is 16.6. The molecule has 0 heterocycles. The Bertz CT molecular complexity index is 1010. The number of esters is 3. The average Bonchev–Trinajstić information content (AvgIpc) is 3.21. The molecule has 0 spiro atoms. The number of hydrogen-bond donors (Lipinski definition) is 0. The lowest BCUT2D eigenvalue weighted by Gasteiger charge is -2.18. The molecular formula is C51H90O6. The van der Waals surface area contributed by atoms with Crippen LogP contribution in [0, 0.1) is 0 Å². The Hall–Kier alpha value is -2.63. The van der Waals surface area contributed by atoms with E-state index in [1.54, 1.807) is 0 Å². The molecular weight excluding hydrogens is 709 g/mol. The molecule has 0 aromatic carbocycles. The molecule has 1 atom stereocenters. The van der Waals surface area contributed by atoms with Crippen LogP contribution in [0.5, 0.6) is 0 Å². The Balaban J connectivity index is 4.39. The maximum Gasteiger partial charge on any atom is 0.306 e. The van der Waals surface area contributed by atoms with Gasteiger partial charge in [-0.2, -0.15) is 0 Å². The number of ether oxygens (including phenoxy) is 3. The summed E-state index contributed by atoms with van der Waals surface area (Å²) in [6, 6.07) is 0. The van der Waals surface area contributed by atoms with Gasteiger partial charge in [0.05, 0.1) is 0 Å². The second-order valence-electron chi connectivity index (χ2n) is 16.0. The maximum absolute atomic E-state index is 12.7. The SMILES string of the molecule is CCCCC/C=C\C/C=C\CCCCCCCC(=O)OC[C@H](COC(=O)CCCCCCCCCCC)OC(=O)CCCCCCC/C=C\C/C=C\CCCCC. The van der Waals surface area contributed by atoms with Crippen molar-refractivity contribution in [3.05, 3.63) is 48.6 Å². The second kappa shape index (κ2) is 46.1. The Morgan fingerprint density at radius 2 is 0.632 bits per heavy atom. The molecule has 0 aromatic heterocycles. The molecule has 0 aromatic rings. The number of hydrogen-bond acceptors (Lipinski definition) is 6. The molecule has 0 saturated carbocycles. The summed E-state index contributed by atoms with van der Waals surface area (Å²) in [4.78, 5) is 37.8. The molecule has 6 heteroatoms. The third kappa shape index (κ3) is 44.3. The summed E-state index contributed by atoms with van der Waals surface area (Å²) in [6.07, 6.45) is 53.7. The molecule has 6 nitrogen and oxygen atoms in total. The first-order chi connectivity index (χ1) is 28.0. The van der Waals surface area contributed by atoms with Gasteiger partial charge in [-0.15, -0.1) is 0 Å². The molecule has 57 heavy (non-hydrogen) atoms. The monoisotopic (exact) mass is 799 g/mol. The van der Waals surface area contributed by atoms with Crippen molar-refractivity contribution >= 4 is 17.9 Å². The second-order valence-corrected chi connectivity index (χ2v) is 16.0. The van der Waals surface area contributed by atoms with Crippen LogP contribution in [0.25, 0.3) is 0 Å². The van der Waals surface area contributed by atoms with Crippen LogP contribution in [-0.2, 0) is 28.6 Å². The van der Waals surface area contributed by atoms with E-state index in [4.69, 9.17) is 14.2 Å². The quantitative estimate of drug-likeness (QED) is 0.0265. The van der Waals surface area contributed by atoms with Crippen LogP contribution < -0.4 is 0 Å². The molecule has 0 N–H and O–H groups in total. The topological polar surface area (TPSA) is 78.9 Å². The highest BCUT2D eigenvalue weighted by Crippen LogP contribution is 2.14. The predicted molar refractivity (Wildman–Crippen MR) is 242 cm³/mol. The lowest BCUT2D eigenvalue weighted by molar-refractivity contribution is -0.167. The summed E-state index contributed by atoms with van der Waals surface area (Å²) < 4.78 is 16.7. The van der Waals surface area contributed by atoms with Gasteiger partial charge in [-0.25, -0.2) is 0 Å². The lowest BCUT2D eigenvalue weighted by Crippen LogP contribution is -2.30. The first kappa shape index (κ1) is 54.4. The van der Waals surface area contributed by atoms with Crippen LogP contribution in [0.4, 0.5) is 0 Å². The van der Waals surface area contributed by atoms with Gasteiger partial charge in [-0.05, 0) is 83.5 Å². The summed E-state index contributed by atoms with van der Waals surface area (Å²) in [6.45, 7) is 6.54. The van der Waals surface area contributed by atoms with Crippen molar-refractivity contribution in [2.75, 3.05) is 13.2 Å². The first-order valence-corrected chi connectivity index (χ1v) is 24.1. The van der Waals surface area contributed by atoms with Crippen LogP contribution in [-0.4, -0.2) is 37.2 Å². The summed E-state index contributed by atoms with van der Waals surface area (Å²) in [5.74, 6) is -0.911. The van der Waals surface area contributed by atoms with E-state index in [0.717, 1.165) is 103 Å². The summed E-state index contributed by atoms with van der Waals surface area (Å²) >= 11 is 0. The number of carbonyl (C=O) groups excluding carboxylic acids is 3. The Labute approximate surface area is 352 Å². The smallest absolute Gasteiger partial charge is 0.306 e. The highest BCUT2D eigenvalue weighted by molar-refractivity contribution is 5.71. The molecule has 0 unspecified atom stereocenters. The number of allylic oxidation sites excluding steroid dienone is 8. The fourth-order valence-electron chi connectivity index (χ4n) is 6.62. The van der Waals surface area contributed by atoms with Gasteiger partial charge in [0.1, 0.15) is 13.2 Å². The van der Waals surface area contributed by atoms with E-state index in [1.165, 1.54) is 96.3 Å². The van der Waals surface area contributed by atoms with Crippen molar-refractivity contribution in [1.29, 1.82) is 0 Å². The standard InChI is InChI=1S/C51H90O6/c1-4-7-10-13-16-19-21-23-25-27-29-32-35-38-41-44-50(53)56-47-48(46-55-49(52)43-40-37-34-31-18-15-12-9-6-3)57-51(54)45-42-39-36-33-30-28-26-24-22-20-17-14-11-8-5-2/h16-17,19-20,23-26,48H,4-15,18,21-22,27-47H2,1-3H3/b19-16-,20-17-,25-23-,26-24-/t48-/m0/s1. The van der Waals surface area contributed by atoms with Crippen molar-refractivity contribution < 1.29 is 28.6 Å². The Morgan fingerprint density at radius 3 is 1.00 bits per heavy atom. The molecule has 0 fully saturated rings. The molecule has 330 valence electrons. The van der Waals surface area contributed by atoms with Crippen molar-refractivity contribution in [2.45, 2.75) is 245 Å². The molecule has 0 aliphatic rings. The van der Waals surface area contributed by atoms with Gasteiger partial charge < -0.3 is 14.2 Å². The van der Waals surface area contributed by atoms with Gasteiger partial charge in [-0.1, -0.05) is 185 Å². The van der Waals surface area contributed by atoms with Gasteiger partial charge >= 0.3 is 17.9 Å². The normalized spacial score (nSPS) is 12.4. The van der Waals surface area contributed by atoms with Gasteiger partial charge in [0.15, 0.2) is 6.10 Å². The zero-order valence-electron chi connectivity index (χ0n) is 37.6. The molecule has 0 rings (SSSR count). The van der Waals surface area contributed by atoms with Gasteiger partial charge in [0.2, 0.25) is 0 Å². The number of unbranched alkanes of at least 4 members (excludes halogenated alkanes) is 24. The Morgan fingerprint density at radius 1 is 0.351 bits per heavy atom. The molecule has 0 aliphatic heterocycles. The molecule has 0 amide bonds. The zero-order chi connectivity index (χ0) is 41.5. The minimum atomic E-state index is -0.781. The maximum atomic E-state index is 12.7.